The Kier molecular flexibility index (Phi) is 5.08. The third-order valence-corrected chi connectivity index (χ3v) is 5.86. The average molecular weight is 416 g/mol. The smallest absolute Gasteiger partial charge is 0.317 e. The molecule has 3 aromatic carbocycles. The maximum Gasteiger partial charge on any atom is 0.317 e. The zero-order valence-electron chi connectivity index (χ0n) is 17.1. The molecule has 2 aliphatic rings. The van der Waals surface area contributed by atoms with E-state index in [2.05, 4.69) is 22.8 Å². The largest absolute Gasteiger partial charge is 0.457 e. The van der Waals surface area contributed by atoms with Gasteiger partial charge in [-0.3, -0.25) is 0 Å². The van der Waals surface area contributed by atoms with Gasteiger partial charge in [0.2, 0.25) is 0 Å². The van der Waals surface area contributed by atoms with Gasteiger partial charge in [0, 0.05) is 38.1 Å². The molecule has 31 heavy (non-hydrogen) atoms. The van der Waals surface area contributed by atoms with Crippen molar-refractivity contribution in [3.8, 4) is 11.5 Å². The van der Waals surface area contributed by atoms with Crippen LogP contribution < -0.4 is 15.4 Å². The number of piperazine rings is 1. The van der Waals surface area contributed by atoms with E-state index >= 15 is 0 Å². The second-order valence-electron chi connectivity index (χ2n) is 7.86. The summed E-state index contributed by atoms with van der Waals surface area (Å²) in [4.78, 5) is 27.8. The fraction of sp³-hybridized carbons (Fsp3) is 0.250. The summed E-state index contributed by atoms with van der Waals surface area (Å²) in [6.45, 7) is 2.72. The molecule has 2 saturated heterocycles. The molecule has 3 aromatic rings. The van der Waals surface area contributed by atoms with Crippen LogP contribution >= 0.6 is 0 Å². The molecule has 0 aromatic heterocycles. The van der Waals surface area contributed by atoms with Crippen molar-refractivity contribution < 1.29 is 14.3 Å². The number of ether oxygens (including phenoxy) is 1. The van der Waals surface area contributed by atoms with Gasteiger partial charge in [0.15, 0.2) is 0 Å². The van der Waals surface area contributed by atoms with Gasteiger partial charge in [0.05, 0.1) is 6.04 Å². The standard InChI is InChI=1S/C24H24N4O3/c29-23(27-12-13-28-19(16-27)15-26-24(28)30)25-14-17-8-10-20(11-9-17)31-22-7-3-5-18-4-1-2-6-21(18)22/h1-11,19H,12-16H2,(H,25,29)(H,26,30). The molecule has 0 bridgehead atoms. The fourth-order valence-corrected chi connectivity index (χ4v) is 4.16. The molecule has 0 aliphatic carbocycles. The van der Waals surface area contributed by atoms with E-state index in [1.54, 1.807) is 9.80 Å². The molecule has 2 fully saturated rings. The third-order valence-electron chi connectivity index (χ3n) is 5.86. The molecule has 0 saturated carbocycles. The molecule has 1 atom stereocenters. The summed E-state index contributed by atoms with van der Waals surface area (Å²) < 4.78 is 6.08. The first kappa shape index (κ1) is 19.2. The SMILES string of the molecule is O=C(NCc1ccc(Oc2cccc3ccccc23)cc1)N1CCN2C(=O)NCC2C1. The molecule has 158 valence electrons. The maximum atomic E-state index is 12.5. The number of hydrogen-bond donors (Lipinski definition) is 2. The summed E-state index contributed by atoms with van der Waals surface area (Å²) in [5.74, 6) is 1.57. The summed E-state index contributed by atoms with van der Waals surface area (Å²) >= 11 is 0. The van der Waals surface area contributed by atoms with Crippen molar-refractivity contribution in [2.75, 3.05) is 26.2 Å². The molecule has 7 nitrogen and oxygen atoms in total. The van der Waals surface area contributed by atoms with Crippen LogP contribution in [0, 0.1) is 0 Å². The molecule has 2 heterocycles. The monoisotopic (exact) mass is 416 g/mol. The minimum absolute atomic E-state index is 0.0316. The Labute approximate surface area is 180 Å². The molecule has 5 rings (SSSR count). The molecule has 2 N–H and O–H groups in total. The lowest BCUT2D eigenvalue weighted by molar-refractivity contribution is 0.129. The van der Waals surface area contributed by atoms with Gasteiger partial charge in [0.25, 0.3) is 0 Å². The summed E-state index contributed by atoms with van der Waals surface area (Å²) in [6, 6.07) is 21.8. The summed E-state index contributed by atoms with van der Waals surface area (Å²) in [5.41, 5.74) is 0.995. The van der Waals surface area contributed by atoms with Gasteiger partial charge >= 0.3 is 12.1 Å². The first-order valence-electron chi connectivity index (χ1n) is 10.5. The van der Waals surface area contributed by atoms with Crippen LogP contribution in [0.4, 0.5) is 9.59 Å². The highest BCUT2D eigenvalue weighted by Gasteiger charge is 2.36. The highest BCUT2D eigenvalue weighted by molar-refractivity contribution is 5.88. The second-order valence-corrected chi connectivity index (χ2v) is 7.86. The molecule has 4 amide bonds. The summed E-state index contributed by atoms with van der Waals surface area (Å²) in [6.07, 6.45) is 0. The predicted molar refractivity (Wildman–Crippen MR) is 118 cm³/mol. The van der Waals surface area contributed by atoms with E-state index in [4.69, 9.17) is 4.74 Å². The Morgan fingerprint density at radius 2 is 1.84 bits per heavy atom. The predicted octanol–water partition coefficient (Wildman–Crippen LogP) is 3.55. The van der Waals surface area contributed by atoms with Crippen molar-refractivity contribution in [1.82, 2.24) is 20.4 Å². The van der Waals surface area contributed by atoms with E-state index in [0.717, 1.165) is 27.8 Å². The topological polar surface area (TPSA) is 73.9 Å². The lowest BCUT2D eigenvalue weighted by Gasteiger charge is -2.36. The average Bonchev–Trinajstić information content (AvgIpc) is 3.19. The lowest BCUT2D eigenvalue weighted by Crippen LogP contribution is -2.55. The van der Waals surface area contributed by atoms with Crippen molar-refractivity contribution in [3.05, 3.63) is 72.3 Å². The van der Waals surface area contributed by atoms with Crippen LogP contribution in [-0.2, 0) is 6.54 Å². The van der Waals surface area contributed by atoms with Gasteiger partial charge in [0.1, 0.15) is 11.5 Å². The third kappa shape index (κ3) is 3.99. The van der Waals surface area contributed by atoms with Gasteiger partial charge in [-0.15, -0.1) is 0 Å². The van der Waals surface area contributed by atoms with E-state index in [1.165, 1.54) is 0 Å². The summed E-state index contributed by atoms with van der Waals surface area (Å²) in [5, 5.41) is 8.01. The van der Waals surface area contributed by atoms with Crippen LogP contribution in [0.5, 0.6) is 11.5 Å². The van der Waals surface area contributed by atoms with Crippen molar-refractivity contribution >= 4 is 22.8 Å². The number of fused-ring (bicyclic) bond motifs is 2. The summed E-state index contributed by atoms with van der Waals surface area (Å²) in [7, 11) is 0. The second kappa shape index (κ2) is 8.18. The Bertz CT molecular complexity index is 1110. The minimum atomic E-state index is -0.102. The first-order valence-corrected chi connectivity index (χ1v) is 10.5. The zero-order chi connectivity index (χ0) is 21.2. The number of nitrogens with one attached hydrogen (secondary N) is 2. The molecule has 0 spiro atoms. The van der Waals surface area contributed by atoms with Crippen LogP contribution in [0.3, 0.4) is 0 Å². The maximum absolute atomic E-state index is 12.5. The van der Waals surface area contributed by atoms with Crippen LogP contribution in [-0.4, -0.2) is 54.1 Å². The number of carbonyl (C=O) groups excluding carboxylic acids is 2. The van der Waals surface area contributed by atoms with Crippen molar-refractivity contribution in [2.24, 2.45) is 0 Å². The Morgan fingerprint density at radius 3 is 2.71 bits per heavy atom. The van der Waals surface area contributed by atoms with Gasteiger partial charge in [-0.2, -0.15) is 0 Å². The van der Waals surface area contributed by atoms with Gasteiger partial charge in [-0.05, 0) is 29.1 Å². The van der Waals surface area contributed by atoms with E-state index < -0.39 is 0 Å². The normalized spacial score (nSPS) is 17.9. The first-order chi connectivity index (χ1) is 15.2. The highest BCUT2D eigenvalue weighted by atomic mass is 16.5. The van der Waals surface area contributed by atoms with E-state index in [9.17, 15) is 9.59 Å². The number of benzene rings is 3. The van der Waals surface area contributed by atoms with Crippen LogP contribution in [0.25, 0.3) is 10.8 Å². The quantitative estimate of drug-likeness (QED) is 0.683. The lowest BCUT2D eigenvalue weighted by atomic mass is 10.1. The Balaban J connectivity index is 1.17. The van der Waals surface area contributed by atoms with Crippen molar-refractivity contribution in [3.63, 3.8) is 0 Å². The number of hydrogen-bond acceptors (Lipinski definition) is 3. The molecular weight excluding hydrogens is 392 g/mol. The molecule has 0 radical (unpaired) electrons. The number of nitrogens with zero attached hydrogens (tertiary/aromatic N) is 2. The van der Waals surface area contributed by atoms with Crippen LogP contribution in [0.15, 0.2) is 66.7 Å². The van der Waals surface area contributed by atoms with Gasteiger partial charge in [-0.1, -0.05) is 48.5 Å². The molecular formula is C24H24N4O3. The van der Waals surface area contributed by atoms with Crippen LogP contribution in [0.2, 0.25) is 0 Å². The Hall–Kier alpha value is -3.74. The highest BCUT2D eigenvalue weighted by Crippen LogP contribution is 2.29. The van der Waals surface area contributed by atoms with E-state index in [0.29, 0.717) is 32.7 Å². The minimum Gasteiger partial charge on any atom is -0.457 e. The zero-order valence-corrected chi connectivity index (χ0v) is 17.1. The number of rotatable bonds is 4. The fourth-order valence-electron chi connectivity index (χ4n) is 4.16. The number of urea groups is 2. The Morgan fingerprint density at radius 1 is 1.03 bits per heavy atom. The number of carbonyl (C=O) groups is 2. The molecule has 1 unspecified atom stereocenters. The van der Waals surface area contributed by atoms with E-state index in [-0.39, 0.29) is 18.1 Å². The number of amides is 4. The van der Waals surface area contributed by atoms with Crippen molar-refractivity contribution in [1.29, 1.82) is 0 Å². The van der Waals surface area contributed by atoms with E-state index in [1.807, 2.05) is 54.6 Å². The van der Waals surface area contributed by atoms with Gasteiger partial charge in [-0.25, -0.2) is 9.59 Å². The molecule has 2 aliphatic heterocycles. The van der Waals surface area contributed by atoms with Gasteiger partial charge < -0.3 is 25.2 Å². The molecule has 7 heteroatoms. The van der Waals surface area contributed by atoms with Crippen LogP contribution in [0.1, 0.15) is 5.56 Å². The van der Waals surface area contributed by atoms with Crippen molar-refractivity contribution in [2.45, 2.75) is 12.6 Å².